The van der Waals surface area contributed by atoms with Crippen molar-refractivity contribution in [3.05, 3.63) is 47.5 Å². The molecule has 20 heavy (non-hydrogen) atoms. The molecular weight excluding hydrogens is 274 g/mol. The van der Waals surface area contributed by atoms with Crippen molar-refractivity contribution in [2.24, 2.45) is 0 Å². The summed E-state index contributed by atoms with van der Waals surface area (Å²) < 4.78 is 26.3. The predicted molar refractivity (Wildman–Crippen MR) is 74.9 cm³/mol. The summed E-state index contributed by atoms with van der Waals surface area (Å²) in [4.78, 5) is 4.33. The quantitative estimate of drug-likeness (QED) is 0.860. The molecule has 104 valence electrons. The van der Waals surface area contributed by atoms with Crippen LogP contribution in [0.4, 0.5) is 0 Å². The molecule has 0 saturated carbocycles. The maximum Gasteiger partial charge on any atom is 0.180 e. The van der Waals surface area contributed by atoms with Gasteiger partial charge in [0, 0.05) is 12.2 Å². The SMILES string of the molecule is Cc1ncn(CCS(=O)(=O)c2cccc(C#N)c2)c1C. The molecule has 0 unspecified atom stereocenters. The highest BCUT2D eigenvalue weighted by atomic mass is 32.2. The highest BCUT2D eigenvalue weighted by Gasteiger charge is 2.15. The molecule has 0 aliphatic rings. The van der Waals surface area contributed by atoms with Crippen LogP contribution in [-0.2, 0) is 16.4 Å². The van der Waals surface area contributed by atoms with E-state index in [2.05, 4.69) is 4.98 Å². The first-order chi connectivity index (χ1) is 9.44. The van der Waals surface area contributed by atoms with Gasteiger partial charge in [-0.1, -0.05) is 6.07 Å². The van der Waals surface area contributed by atoms with E-state index in [9.17, 15) is 8.42 Å². The third-order valence-electron chi connectivity index (χ3n) is 3.27. The van der Waals surface area contributed by atoms with Crippen molar-refractivity contribution in [3.63, 3.8) is 0 Å². The van der Waals surface area contributed by atoms with Gasteiger partial charge in [-0.3, -0.25) is 0 Å². The Bertz CT molecular complexity index is 770. The lowest BCUT2D eigenvalue weighted by Crippen LogP contribution is -2.13. The number of nitriles is 1. The Hall–Kier alpha value is -2.13. The normalized spacial score (nSPS) is 11.2. The summed E-state index contributed by atoms with van der Waals surface area (Å²) in [5, 5.41) is 8.82. The van der Waals surface area contributed by atoms with E-state index in [1.807, 2.05) is 24.5 Å². The Labute approximate surface area is 118 Å². The van der Waals surface area contributed by atoms with Crippen molar-refractivity contribution in [3.8, 4) is 6.07 Å². The molecule has 6 heteroatoms. The number of benzene rings is 1. The van der Waals surface area contributed by atoms with Crippen molar-refractivity contribution in [1.29, 1.82) is 5.26 Å². The van der Waals surface area contributed by atoms with Crippen LogP contribution in [0.3, 0.4) is 0 Å². The van der Waals surface area contributed by atoms with Gasteiger partial charge in [-0.25, -0.2) is 13.4 Å². The van der Waals surface area contributed by atoms with Gasteiger partial charge < -0.3 is 4.57 Å². The van der Waals surface area contributed by atoms with Crippen molar-refractivity contribution in [2.45, 2.75) is 25.3 Å². The molecule has 0 radical (unpaired) electrons. The molecule has 0 N–H and O–H groups in total. The van der Waals surface area contributed by atoms with Crippen molar-refractivity contribution in [2.75, 3.05) is 5.75 Å². The molecule has 1 aromatic heterocycles. The van der Waals surface area contributed by atoms with Crippen molar-refractivity contribution in [1.82, 2.24) is 9.55 Å². The molecule has 2 rings (SSSR count). The van der Waals surface area contributed by atoms with Crippen molar-refractivity contribution >= 4 is 9.84 Å². The fourth-order valence-electron chi connectivity index (χ4n) is 1.87. The van der Waals surface area contributed by atoms with E-state index < -0.39 is 9.84 Å². The third kappa shape index (κ3) is 2.89. The summed E-state index contributed by atoms with van der Waals surface area (Å²) in [5.41, 5.74) is 2.21. The molecule has 2 aromatic rings. The summed E-state index contributed by atoms with van der Waals surface area (Å²) in [6.45, 7) is 4.15. The fraction of sp³-hybridized carbons (Fsp3) is 0.286. The molecule has 0 fully saturated rings. The summed E-state index contributed by atoms with van der Waals surface area (Å²) in [7, 11) is -3.40. The smallest absolute Gasteiger partial charge is 0.180 e. The number of sulfone groups is 1. The molecule has 0 atom stereocenters. The number of aromatic nitrogens is 2. The Morgan fingerprint density at radius 2 is 2.10 bits per heavy atom. The van der Waals surface area contributed by atoms with Crippen LogP contribution in [-0.4, -0.2) is 23.7 Å². The zero-order valence-electron chi connectivity index (χ0n) is 11.4. The van der Waals surface area contributed by atoms with E-state index in [-0.39, 0.29) is 10.6 Å². The first-order valence-corrected chi connectivity index (χ1v) is 7.80. The molecule has 5 nitrogen and oxygen atoms in total. The number of nitrogens with zero attached hydrogens (tertiary/aromatic N) is 3. The standard InChI is InChI=1S/C14H15N3O2S/c1-11-12(2)17(10-16-11)6-7-20(18,19)14-5-3-4-13(8-14)9-15/h3-5,8,10H,6-7H2,1-2H3. The van der Waals surface area contributed by atoms with E-state index in [1.54, 1.807) is 18.5 Å². The minimum Gasteiger partial charge on any atom is -0.334 e. The lowest BCUT2D eigenvalue weighted by molar-refractivity contribution is 0.587. The van der Waals surface area contributed by atoms with Crippen LogP contribution in [0.15, 0.2) is 35.5 Å². The monoisotopic (exact) mass is 289 g/mol. The van der Waals surface area contributed by atoms with E-state index in [1.165, 1.54) is 12.1 Å². The molecule has 0 aliphatic carbocycles. The molecule has 0 amide bonds. The molecule has 0 aliphatic heterocycles. The fourth-order valence-corrected chi connectivity index (χ4v) is 3.13. The van der Waals surface area contributed by atoms with Crippen LogP contribution in [0, 0.1) is 25.2 Å². The maximum absolute atomic E-state index is 12.2. The van der Waals surface area contributed by atoms with Crippen molar-refractivity contribution < 1.29 is 8.42 Å². The van der Waals surface area contributed by atoms with Gasteiger partial charge in [-0.2, -0.15) is 5.26 Å². The van der Waals surface area contributed by atoms with Crippen LogP contribution >= 0.6 is 0 Å². The maximum atomic E-state index is 12.2. The Morgan fingerprint density at radius 3 is 2.70 bits per heavy atom. The average Bonchev–Trinajstić information content (AvgIpc) is 2.77. The number of hydrogen-bond donors (Lipinski definition) is 0. The second kappa shape index (κ2) is 5.47. The molecular formula is C14H15N3O2S. The number of imidazole rings is 1. The van der Waals surface area contributed by atoms with Gasteiger partial charge in [-0.05, 0) is 32.0 Å². The third-order valence-corrected chi connectivity index (χ3v) is 4.96. The molecule has 0 bridgehead atoms. The van der Waals surface area contributed by atoms with Crippen LogP contribution in [0.5, 0.6) is 0 Å². The Morgan fingerprint density at radius 1 is 1.35 bits per heavy atom. The molecule has 1 heterocycles. The van der Waals surface area contributed by atoms with Crippen LogP contribution in [0.25, 0.3) is 0 Å². The van der Waals surface area contributed by atoms with Crippen LogP contribution < -0.4 is 0 Å². The molecule has 0 saturated heterocycles. The van der Waals surface area contributed by atoms with Gasteiger partial charge in [0.15, 0.2) is 9.84 Å². The minimum absolute atomic E-state index is 0.0154. The van der Waals surface area contributed by atoms with E-state index in [0.29, 0.717) is 12.1 Å². The van der Waals surface area contributed by atoms with Gasteiger partial charge in [0.1, 0.15) is 0 Å². The summed E-state index contributed by atoms with van der Waals surface area (Å²) in [6, 6.07) is 8.03. The van der Waals surface area contributed by atoms with Gasteiger partial charge >= 0.3 is 0 Å². The average molecular weight is 289 g/mol. The minimum atomic E-state index is -3.40. The predicted octanol–water partition coefficient (Wildman–Crippen LogP) is 1.85. The highest BCUT2D eigenvalue weighted by Crippen LogP contribution is 2.14. The van der Waals surface area contributed by atoms with Gasteiger partial charge in [0.25, 0.3) is 0 Å². The molecule has 1 aromatic carbocycles. The summed E-state index contributed by atoms with van der Waals surface area (Å²) in [6.07, 6.45) is 1.64. The second-order valence-corrected chi connectivity index (χ2v) is 6.68. The Kier molecular flexibility index (Phi) is 3.91. The molecule has 0 spiro atoms. The Balaban J connectivity index is 2.19. The lowest BCUT2D eigenvalue weighted by Gasteiger charge is -2.07. The largest absolute Gasteiger partial charge is 0.334 e. The van der Waals surface area contributed by atoms with E-state index in [0.717, 1.165) is 11.4 Å². The second-order valence-electron chi connectivity index (χ2n) is 4.57. The van der Waals surface area contributed by atoms with Gasteiger partial charge in [-0.15, -0.1) is 0 Å². The number of aryl methyl sites for hydroxylation is 2. The number of hydrogen-bond acceptors (Lipinski definition) is 4. The zero-order chi connectivity index (χ0) is 14.8. The first kappa shape index (κ1) is 14.3. The topological polar surface area (TPSA) is 75.8 Å². The van der Waals surface area contributed by atoms with E-state index in [4.69, 9.17) is 5.26 Å². The highest BCUT2D eigenvalue weighted by molar-refractivity contribution is 7.91. The summed E-state index contributed by atoms with van der Waals surface area (Å²) >= 11 is 0. The van der Waals surface area contributed by atoms with Gasteiger partial charge in [0.05, 0.1) is 34.3 Å². The van der Waals surface area contributed by atoms with Crippen LogP contribution in [0.2, 0.25) is 0 Å². The lowest BCUT2D eigenvalue weighted by atomic mass is 10.2. The van der Waals surface area contributed by atoms with Crippen LogP contribution in [0.1, 0.15) is 17.0 Å². The number of rotatable bonds is 4. The first-order valence-electron chi connectivity index (χ1n) is 6.15. The van der Waals surface area contributed by atoms with E-state index >= 15 is 0 Å². The van der Waals surface area contributed by atoms with Gasteiger partial charge in [0.2, 0.25) is 0 Å². The zero-order valence-corrected chi connectivity index (χ0v) is 12.2. The summed E-state index contributed by atoms with van der Waals surface area (Å²) in [5.74, 6) is -0.0154.